The van der Waals surface area contributed by atoms with Gasteiger partial charge in [-0.05, 0) is 0 Å². The highest BCUT2D eigenvalue weighted by molar-refractivity contribution is 7.89. The topological polar surface area (TPSA) is 75.6 Å². The zero-order chi connectivity index (χ0) is 15.8. The Kier molecular flexibility index (Phi) is 4.24. The third kappa shape index (κ3) is 2.89. The summed E-state index contributed by atoms with van der Waals surface area (Å²) >= 11 is 0. The largest absolute Gasteiger partial charge is 0.396 e. The van der Waals surface area contributed by atoms with Crippen molar-refractivity contribution in [2.24, 2.45) is 5.41 Å². The van der Waals surface area contributed by atoms with E-state index in [-0.39, 0.29) is 25.8 Å². The molecule has 2 rings (SSSR count). The molecule has 5 nitrogen and oxygen atoms in total. The number of ether oxygens (including phenoxy) is 1. The first-order chi connectivity index (χ1) is 9.72. The summed E-state index contributed by atoms with van der Waals surface area (Å²) in [6, 6.07) is -0.0847. The van der Waals surface area contributed by atoms with Crippen LogP contribution >= 0.6 is 0 Å². The van der Waals surface area contributed by atoms with Crippen molar-refractivity contribution in [3.8, 4) is 0 Å². The summed E-state index contributed by atoms with van der Waals surface area (Å²) in [4.78, 5) is -1.73. The molecule has 0 amide bonds. The van der Waals surface area contributed by atoms with Gasteiger partial charge in [-0.2, -0.15) is 0 Å². The summed E-state index contributed by atoms with van der Waals surface area (Å²) < 4.78 is 83.3. The normalized spacial score (nSPS) is 17.6. The molecule has 1 aromatic carbocycles. The first kappa shape index (κ1) is 16.1. The highest BCUT2D eigenvalue weighted by Gasteiger charge is 2.40. The summed E-state index contributed by atoms with van der Waals surface area (Å²) in [6.45, 7) is -0.705. The Morgan fingerprint density at radius 2 is 1.71 bits per heavy atom. The average Bonchev–Trinajstić information content (AvgIpc) is 2.35. The van der Waals surface area contributed by atoms with E-state index in [9.17, 15) is 26.0 Å². The van der Waals surface area contributed by atoms with E-state index < -0.39 is 50.2 Å². The van der Waals surface area contributed by atoms with Gasteiger partial charge in [0.15, 0.2) is 28.2 Å². The van der Waals surface area contributed by atoms with E-state index in [0.29, 0.717) is 0 Å². The van der Waals surface area contributed by atoms with E-state index in [1.165, 1.54) is 0 Å². The lowest BCUT2D eigenvalue weighted by Crippen LogP contribution is -2.53. The van der Waals surface area contributed by atoms with Crippen LogP contribution in [0.4, 0.5) is 17.6 Å². The Bertz CT molecular complexity index is 629. The molecule has 21 heavy (non-hydrogen) atoms. The summed E-state index contributed by atoms with van der Waals surface area (Å²) in [5.74, 6) is -7.66. The van der Waals surface area contributed by atoms with Crippen LogP contribution < -0.4 is 4.72 Å². The van der Waals surface area contributed by atoms with Gasteiger partial charge in [-0.3, -0.25) is 0 Å². The molecule has 0 saturated carbocycles. The quantitative estimate of drug-likeness (QED) is 0.610. The van der Waals surface area contributed by atoms with Crippen molar-refractivity contribution >= 4 is 10.0 Å². The Labute approximate surface area is 117 Å². The molecular weight excluding hydrogens is 318 g/mol. The van der Waals surface area contributed by atoms with Crippen LogP contribution in [-0.2, 0) is 14.8 Å². The van der Waals surface area contributed by atoms with Gasteiger partial charge in [0.25, 0.3) is 0 Å². The van der Waals surface area contributed by atoms with Crippen LogP contribution in [0.1, 0.15) is 0 Å². The smallest absolute Gasteiger partial charge is 0.246 e. The molecule has 0 spiro atoms. The van der Waals surface area contributed by atoms with Gasteiger partial charge in [0.1, 0.15) is 0 Å². The van der Waals surface area contributed by atoms with Crippen molar-refractivity contribution in [2.75, 3.05) is 26.4 Å². The average molecular weight is 329 g/mol. The maximum Gasteiger partial charge on any atom is 0.246 e. The minimum absolute atomic E-state index is 0.0501. The highest BCUT2D eigenvalue weighted by Crippen LogP contribution is 2.28. The number of hydrogen-bond donors (Lipinski definition) is 2. The molecule has 1 heterocycles. The second kappa shape index (κ2) is 5.52. The Morgan fingerprint density at radius 3 is 2.10 bits per heavy atom. The van der Waals surface area contributed by atoms with E-state index in [1.807, 2.05) is 4.72 Å². The van der Waals surface area contributed by atoms with Crippen LogP contribution in [0, 0.1) is 28.7 Å². The van der Waals surface area contributed by atoms with E-state index in [0.717, 1.165) is 0 Å². The maximum atomic E-state index is 13.5. The molecule has 1 fully saturated rings. The predicted molar refractivity (Wildman–Crippen MR) is 61.8 cm³/mol. The number of halogens is 4. The molecular formula is C11H11F4NO4S. The third-order valence-corrected chi connectivity index (χ3v) is 4.55. The van der Waals surface area contributed by atoms with Crippen LogP contribution in [-0.4, -0.2) is 39.9 Å². The number of benzene rings is 1. The van der Waals surface area contributed by atoms with Gasteiger partial charge < -0.3 is 9.84 Å². The van der Waals surface area contributed by atoms with E-state index in [4.69, 9.17) is 9.84 Å². The van der Waals surface area contributed by atoms with Crippen molar-refractivity contribution in [3.63, 3.8) is 0 Å². The molecule has 0 aromatic heterocycles. The van der Waals surface area contributed by atoms with Crippen LogP contribution in [0.15, 0.2) is 11.0 Å². The molecule has 118 valence electrons. The van der Waals surface area contributed by atoms with Crippen molar-refractivity contribution in [2.45, 2.75) is 4.90 Å². The predicted octanol–water partition coefficient (Wildman–Crippen LogP) is 0.530. The zero-order valence-electron chi connectivity index (χ0n) is 10.5. The fourth-order valence-electron chi connectivity index (χ4n) is 1.75. The first-order valence-electron chi connectivity index (χ1n) is 5.74. The van der Waals surface area contributed by atoms with Crippen LogP contribution in [0.25, 0.3) is 0 Å². The minimum atomic E-state index is -4.83. The lowest BCUT2D eigenvalue weighted by atomic mass is 9.87. The van der Waals surface area contributed by atoms with Crippen molar-refractivity contribution in [3.05, 3.63) is 29.3 Å². The molecule has 1 saturated heterocycles. The molecule has 0 aliphatic carbocycles. The number of sulfonamides is 1. The second-order valence-corrected chi connectivity index (χ2v) is 6.48. The summed E-state index contributed by atoms with van der Waals surface area (Å²) in [7, 11) is -4.83. The number of aliphatic hydroxyl groups is 1. The summed E-state index contributed by atoms with van der Waals surface area (Å²) in [5, 5.41) is 9.12. The minimum Gasteiger partial charge on any atom is -0.396 e. The highest BCUT2D eigenvalue weighted by atomic mass is 32.2. The van der Waals surface area contributed by atoms with Crippen LogP contribution in [0.2, 0.25) is 0 Å². The van der Waals surface area contributed by atoms with Crippen molar-refractivity contribution in [1.29, 1.82) is 0 Å². The molecule has 0 unspecified atom stereocenters. The van der Waals surface area contributed by atoms with Gasteiger partial charge in [0, 0.05) is 12.6 Å². The monoisotopic (exact) mass is 329 g/mol. The summed E-state index contributed by atoms with van der Waals surface area (Å²) in [5.41, 5.74) is -0.911. The number of rotatable bonds is 5. The number of hydrogen-bond acceptors (Lipinski definition) is 4. The molecule has 0 atom stereocenters. The van der Waals surface area contributed by atoms with Crippen LogP contribution in [0.3, 0.4) is 0 Å². The van der Waals surface area contributed by atoms with Gasteiger partial charge in [-0.25, -0.2) is 30.7 Å². The molecule has 10 heteroatoms. The van der Waals surface area contributed by atoms with E-state index in [1.54, 1.807) is 0 Å². The second-order valence-electron chi connectivity index (χ2n) is 4.77. The SMILES string of the molecule is O=S(=O)(NCC1(CO)COC1)c1c(F)c(F)cc(F)c1F. The first-order valence-corrected chi connectivity index (χ1v) is 7.22. The molecule has 1 aliphatic heterocycles. The number of nitrogens with one attached hydrogen (secondary N) is 1. The molecule has 0 radical (unpaired) electrons. The fraction of sp³-hybridized carbons (Fsp3) is 0.455. The van der Waals surface area contributed by atoms with Gasteiger partial charge in [-0.15, -0.1) is 0 Å². The third-order valence-electron chi connectivity index (χ3n) is 3.13. The molecule has 1 aliphatic rings. The fourth-order valence-corrected chi connectivity index (χ4v) is 3.05. The zero-order valence-corrected chi connectivity index (χ0v) is 11.3. The standard InChI is InChI=1S/C11H11F4NO4S/c12-6-1-7(13)9(15)10(8(6)14)21(18,19)16-2-11(3-17)4-20-5-11/h1,16-17H,2-5H2. The van der Waals surface area contributed by atoms with Gasteiger partial charge >= 0.3 is 0 Å². The Balaban J connectivity index is 2.32. The van der Waals surface area contributed by atoms with Crippen LogP contribution in [0.5, 0.6) is 0 Å². The Hall–Kier alpha value is -1.23. The maximum absolute atomic E-state index is 13.5. The lowest BCUT2D eigenvalue weighted by Gasteiger charge is -2.39. The van der Waals surface area contributed by atoms with Crippen molar-refractivity contribution < 1.29 is 35.8 Å². The molecule has 2 N–H and O–H groups in total. The summed E-state index contributed by atoms with van der Waals surface area (Å²) in [6.07, 6.45) is 0. The van der Waals surface area contributed by atoms with Gasteiger partial charge in [0.2, 0.25) is 10.0 Å². The Morgan fingerprint density at radius 1 is 1.19 bits per heavy atom. The van der Waals surface area contributed by atoms with Gasteiger partial charge in [-0.1, -0.05) is 0 Å². The van der Waals surface area contributed by atoms with E-state index >= 15 is 0 Å². The van der Waals surface area contributed by atoms with Gasteiger partial charge in [0.05, 0.1) is 25.2 Å². The number of aliphatic hydroxyl groups excluding tert-OH is 1. The lowest BCUT2D eigenvalue weighted by molar-refractivity contribution is -0.132. The van der Waals surface area contributed by atoms with Crippen molar-refractivity contribution in [1.82, 2.24) is 4.72 Å². The molecule has 1 aromatic rings. The van der Waals surface area contributed by atoms with E-state index in [2.05, 4.69) is 0 Å². The molecule has 0 bridgehead atoms.